The summed E-state index contributed by atoms with van der Waals surface area (Å²) < 4.78 is 0. The van der Waals surface area contributed by atoms with Gasteiger partial charge in [0.05, 0.1) is 5.92 Å². The maximum absolute atomic E-state index is 12.2. The van der Waals surface area contributed by atoms with Gasteiger partial charge in [-0.15, -0.1) is 0 Å². The molecular formula is C16H22N2O3. The van der Waals surface area contributed by atoms with Gasteiger partial charge in [0.2, 0.25) is 0 Å². The first kappa shape index (κ1) is 15.4. The molecule has 0 radical (unpaired) electrons. The molecule has 0 aliphatic carbocycles. The summed E-state index contributed by atoms with van der Waals surface area (Å²) >= 11 is 0. The van der Waals surface area contributed by atoms with Crippen LogP contribution in [0.2, 0.25) is 0 Å². The normalized spacial score (nSPS) is 21.6. The predicted octanol–water partition coefficient (Wildman–Crippen LogP) is 2.99. The van der Waals surface area contributed by atoms with Crippen molar-refractivity contribution in [3.05, 3.63) is 29.8 Å². The lowest BCUT2D eigenvalue weighted by atomic mass is 9.99. The number of carbonyl (C=O) groups is 2. The van der Waals surface area contributed by atoms with Crippen LogP contribution in [0, 0.1) is 11.8 Å². The minimum Gasteiger partial charge on any atom is -0.481 e. The highest BCUT2D eigenvalue weighted by molar-refractivity contribution is 5.90. The smallest absolute Gasteiger partial charge is 0.321 e. The molecule has 1 heterocycles. The fourth-order valence-corrected chi connectivity index (χ4v) is 2.61. The molecule has 1 fully saturated rings. The number of nitrogens with one attached hydrogen (secondary N) is 1. The largest absolute Gasteiger partial charge is 0.481 e. The number of carboxylic acid groups (broad SMARTS) is 1. The van der Waals surface area contributed by atoms with Gasteiger partial charge in [0.15, 0.2) is 0 Å². The van der Waals surface area contributed by atoms with Crippen LogP contribution in [0.1, 0.15) is 32.3 Å². The maximum atomic E-state index is 12.2. The zero-order chi connectivity index (χ0) is 15.6. The summed E-state index contributed by atoms with van der Waals surface area (Å²) in [6.45, 7) is 6.85. The summed E-state index contributed by atoms with van der Waals surface area (Å²) in [5.41, 5.74) is 1.95. The van der Waals surface area contributed by atoms with Crippen molar-refractivity contribution in [1.29, 1.82) is 0 Å². The van der Waals surface area contributed by atoms with Crippen LogP contribution in [-0.2, 0) is 4.79 Å². The van der Waals surface area contributed by atoms with Gasteiger partial charge in [-0.2, -0.15) is 0 Å². The molecule has 21 heavy (non-hydrogen) atoms. The van der Waals surface area contributed by atoms with Gasteiger partial charge in [-0.3, -0.25) is 4.79 Å². The van der Waals surface area contributed by atoms with Gasteiger partial charge in [0.1, 0.15) is 0 Å². The van der Waals surface area contributed by atoms with Crippen LogP contribution in [-0.4, -0.2) is 35.1 Å². The lowest BCUT2D eigenvalue weighted by Crippen LogP contribution is -2.33. The van der Waals surface area contributed by atoms with E-state index in [1.807, 2.05) is 31.2 Å². The number of rotatable bonds is 3. The molecule has 2 N–H and O–H groups in total. The van der Waals surface area contributed by atoms with Crippen LogP contribution in [0.5, 0.6) is 0 Å². The van der Waals surface area contributed by atoms with Crippen molar-refractivity contribution in [2.24, 2.45) is 11.8 Å². The van der Waals surface area contributed by atoms with Crippen molar-refractivity contribution < 1.29 is 14.7 Å². The Labute approximate surface area is 125 Å². The highest BCUT2D eigenvalue weighted by atomic mass is 16.4. The molecule has 1 aliphatic rings. The molecule has 114 valence electrons. The van der Waals surface area contributed by atoms with Crippen molar-refractivity contribution >= 4 is 17.7 Å². The minimum absolute atomic E-state index is 0.0171. The molecule has 0 aromatic heterocycles. The number of benzene rings is 1. The third-order valence-corrected chi connectivity index (χ3v) is 4.05. The van der Waals surface area contributed by atoms with Gasteiger partial charge in [-0.25, -0.2) is 4.79 Å². The van der Waals surface area contributed by atoms with Gasteiger partial charge in [0, 0.05) is 18.8 Å². The Morgan fingerprint density at radius 3 is 2.33 bits per heavy atom. The predicted molar refractivity (Wildman–Crippen MR) is 81.4 cm³/mol. The van der Waals surface area contributed by atoms with E-state index in [-0.39, 0.29) is 18.5 Å². The molecule has 1 aliphatic heterocycles. The number of carboxylic acids is 1. The van der Waals surface area contributed by atoms with Crippen molar-refractivity contribution in [3.8, 4) is 0 Å². The lowest BCUT2D eigenvalue weighted by Gasteiger charge is -2.17. The Morgan fingerprint density at radius 1 is 1.24 bits per heavy atom. The Kier molecular flexibility index (Phi) is 4.50. The van der Waals surface area contributed by atoms with E-state index in [1.54, 1.807) is 4.90 Å². The molecule has 2 unspecified atom stereocenters. The van der Waals surface area contributed by atoms with Crippen molar-refractivity contribution in [1.82, 2.24) is 4.90 Å². The molecule has 1 aromatic carbocycles. The quantitative estimate of drug-likeness (QED) is 0.899. The summed E-state index contributed by atoms with van der Waals surface area (Å²) in [5.74, 6) is -0.875. The molecule has 2 atom stereocenters. The molecule has 5 nitrogen and oxygen atoms in total. The van der Waals surface area contributed by atoms with E-state index < -0.39 is 11.9 Å². The monoisotopic (exact) mass is 290 g/mol. The van der Waals surface area contributed by atoms with E-state index in [0.29, 0.717) is 12.5 Å². The summed E-state index contributed by atoms with van der Waals surface area (Å²) in [5, 5.41) is 11.9. The highest BCUT2D eigenvalue weighted by Gasteiger charge is 2.36. The Bertz CT molecular complexity index is 525. The van der Waals surface area contributed by atoms with Gasteiger partial charge in [-0.05, 0) is 29.5 Å². The third kappa shape index (κ3) is 3.54. The number of hydrogen-bond donors (Lipinski definition) is 2. The SMILES string of the molecule is CC(C)c1ccc(NC(=O)N2CC(C)C(C(=O)O)C2)cc1. The van der Waals surface area contributed by atoms with Gasteiger partial charge in [0.25, 0.3) is 0 Å². The summed E-state index contributed by atoms with van der Waals surface area (Å²) in [7, 11) is 0. The van der Waals surface area contributed by atoms with E-state index in [4.69, 9.17) is 5.11 Å². The number of hydrogen-bond acceptors (Lipinski definition) is 2. The minimum atomic E-state index is -0.834. The molecular weight excluding hydrogens is 268 g/mol. The number of amides is 2. The number of anilines is 1. The zero-order valence-electron chi connectivity index (χ0n) is 12.7. The molecule has 0 spiro atoms. The second-order valence-electron chi connectivity index (χ2n) is 6.03. The van der Waals surface area contributed by atoms with E-state index in [1.165, 1.54) is 5.56 Å². The van der Waals surface area contributed by atoms with Crippen molar-refractivity contribution in [2.45, 2.75) is 26.7 Å². The van der Waals surface area contributed by atoms with E-state index in [0.717, 1.165) is 5.69 Å². The van der Waals surface area contributed by atoms with Gasteiger partial charge < -0.3 is 15.3 Å². The van der Waals surface area contributed by atoms with Gasteiger partial charge >= 0.3 is 12.0 Å². The van der Waals surface area contributed by atoms with Crippen LogP contribution < -0.4 is 5.32 Å². The Hall–Kier alpha value is -2.04. The summed E-state index contributed by atoms with van der Waals surface area (Å²) in [6.07, 6.45) is 0. The van der Waals surface area contributed by atoms with Crippen molar-refractivity contribution in [2.75, 3.05) is 18.4 Å². The molecule has 2 amide bonds. The van der Waals surface area contributed by atoms with Crippen LogP contribution in [0.25, 0.3) is 0 Å². The molecule has 1 saturated heterocycles. The molecule has 0 bridgehead atoms. The number of nitrogens with zero attached hydrogens (tertiary/aromatic N) is 1. The summed E-state index contributed by atoms with van der Waals surface area (Å²) in [6, 6.07) is 7.51. The fourth-order valence-electron chi connectivity index (χ4n) is 2.61. The summed E-state index contributed by atoms with van der Waals surface area (Å²) in [4.78, 5) is 24.8. The number of likely N-dealkylation sites (tertiary alicyclic amines) is 1. The van der Waals surface area contributed by atoms with E-state index >= 15 is 0 Å². The van der Waals surface area contributed by atoms with E-state index in [2.05, 4.69) is 19.2 Å². The first-order valence-corrected chi connectivity index (χ1v) is 7.27. The zero-order valence-corrected chi connectivity index (χ0v) is 12.7. The first-order chi connectivity index (χ1) is 9.88. The topological polar surface area (TPSA) is 69.6 Å². The fraction of sp³-hybridized carbons (Fsp3) is 0.500. The average molecular weight is 290 g/mol. The molecule has 0 saturated carbocycles. The number of aliphatic carboxylic acids is 1. The van der Waals surface area contributed by atoms with Crippen LogP contribution in [0.4, 0.5) is 10.5 Å². The van der Waals surface area contributed by atoms with Crippen LogP contribution >= 0.6 is 0 Å². The number of urea groups is 1. The van der Waals surface area contributed by atoms with E-state index in [9.17, 15) is 9.59 Å². The molecule has 1 aromatic rings. The molecule has 2 rings (SSSR count). The Morgan fingerprint density at radius 2 is 1.86 bits per heavy atom. The van der Waals surface area contributed by atoms with Crippen molar-refractivity contribution in [3.63, 3.8) is 0 Å². The Balaban J connectivity index is 1.97. The molecule has 5 heteroatoms. The average Bonchev–Trinajstić information content (AvgIpc) is 2.81. The maximum Gasteiger partial charge on any atom is 0.321 e. The van der Waals surface area contributed by atoms with Crippen LogP contribution in [0.3, 0.4) is 0 Å². The van der Waals surface area contributed by atoms with Crippen LogP contribution in [0.15, 0.2) is 24.3 Å². The first-order valence-electron chi connectivity index (χ1n) is 7.27. The third-order valence-electron chi connectivity index (χ3n) is 4.05. The number of carbonyl (C=O) groups excluding carboxylic acids is 1. The highest BCUT2D eigenvalue weighted by Crippen LogP contribution is 2.24. The lowest BCUT2D eigenvalue weighted by molar-refractivity contribution is -0.142. The standard InChI is InChI=1S/C16H22N2O3/c1-10(2)12-4-6-13(7-5-12)17-16(21)18-8-11(3)14(9-18)15(19)20/h4-7,10-11,14H,8-9H2,1-3H3,(H,17,21)(H,19,20). The second kappa shape index (κ2) is 6.16. The van der Waals surface area contributed by atoms with Gasteiger partial charge in [-0.1, -0.05) is 32.9 Å². The second-order valence-corrected chi connectivity index (χ2v) is 6.03.